The van der Waals surface area contributed by atoms with Crippen LogP contribution >= 0.6 is 15.9 Å². The van der Waals surface area contributed by atoms with Gasteiger partial charge in [-0.15, -0.1) is 0 Å². The molecule has 0 aromatic heterocycles. The molecular formula is C16H12BrN. The molecule has 3 rings (SSSR count). The van der Waals surface area contributed by atoms with E-state index in [9.17, 15) is 0 Å². The van der Waals surface area contributed by atoms with E-state index in [0.29, 0.717) is 0 Å². The molecular weight excluding hydrogens is 286 g/mol. The summed E-state index contributed by atoms with van der Waals surface area (Å²) in [5.74, 6) is 0. The molecule has 3 aromatic carbocycles. The molecule has 0 unspecified atom stereocenters. The first kappa shape index (κ1) is 11.3. The minimum atomic E-state index is 1.08. The standard InChI is InChI=1S/C16H12BrN/c17-14-6-3-7-15(11-14)18-16-9-8-12-4-1-2-5-13(12)10-16/h1-11,18H. The predicted molar refractivity (Wildman–Crippen MR) is 81.4 cm³/mol. The normalized spacial score (nSPS) is 10.5. The van der Waals surface area contributed by atoms with Gasteiger partial charge in [0.1, 0.15) is 0 Å². The van der Waals surface area contributed by atoms with Crippen LogP contribution in [-0.2, 0) is 0 Å². The number of fused-ring (bicyclic) bond motifs is 1. The zero-order valence-electron chi connectivity index (χ0n) is 9.73. The molecule has 0 amide bonds. The van der Waals surface area contributed by atoms with E-state index in [4.69, 9.17) is 0 Å². The van der Waals surface area contributed by atoms with Gasteiger partial charge in [0.05, 0.1) is 0 Å². The van der Waals surface area contributed by atoms with Crippen LogP contribution in [0.4, 0.5) is 11.4 Å². The van der Waals surface area contributed by atoms with Crippen molar-refractivity contribution in [3.63, 3.8) is 0 Å². The van der Waals surface area contributed by atoms with E-state index >= 15 is 0 Å². The zero-order chi connectivity index (χ0) is 12.4. The Bertz CT molecular complexity index is 691. The average molecular weight is 298 g/mol. The summed E-state index contributed by atoms with van der Waals surface area (Å²) in [6.45, 7) is 0. The fourth-order valence-electron chi connectivity index (χ4n) is 2.00. The van der Waals surface area contributed by atoms with Gasteiger partial charge < -0.3 is 5.32 Å². The summed E-state index contributed by atoms with van der Waals surface area (Å²) in [4.78, 5) is 0. The second kappa shape index (κ2) is 4.83. The molecule has 0 aliphatic carbocycles. The lowest BCUT2D eigenvalue weighted by atomic mass is 10.1. The van der Waals surface area contributed by atoms with E-state index in [1.165, 1.54) is 10.8 Å². The molecule has 0 aliphatic rings. The Kier molecular flexibility index (Phi) is 3.03. The Labute approximate surface area is 115 Å². The molecule has 0 bridgehead atoms. The van der Waals surface area contributed by atoms with Crippen molar-refractivity contribution in [2.75, 3.05) is 5.32 Å². The van der Waals surface area contributed by atoms with Crippen molar-refractivity contribution in [2.45, 2.75) is 0 Å². The Morgan fingerprint density at radius 1 is 0.667 bits per heavy atom. The number of nitrogens with one attached hydrogen (secondary N) is 1. The van der Waals surface area contributed by atoms with Crippen molar-refractivity contribution in [2.24, 2.45) is 0 Å². The maximum atomic E-state index is 3.48. The second-order valence-electron chi connectivity index (χ2n) is 4.20. The van der Waals surface area contributed by atoms with E-state index in [0.717, 1.165) is 15.8 Å². The van der Waals surface area contributed by atoms with E-state index in [1.54, 1.807) is 0 Å². The molecule has 0 atom stereocenters. The molecule has 0 saturated carbocycles. The molecule has 3 aromatic rings. The van der Waals surface area contributed by atoms with Crippen LogP contribution in [0.3, 0.4) is 0 Å². The van der Waals surface area contributed by atoms with Crippen molar-refractivity contribution in [1.82, 2.24) is 0 Å². The van der Waals surface area contributed by atoms with Gasteiger partial charge in [0, 0.05) is 15.8 Å². The Balaban J connectivity index is 1.95. The first-order valence-corrected chi connectivity index (χ1v) is 6.62. The molecule has 0 spiro atoms. The number of anilines is 2. The SMILES string of the molecule is Brc1cccc(Nc2ccc3ccccc3c2)c1. The van der Waals surface area contributed by atoms with Gasteiger partial charge in [-0.1, -0.05) is 52.3 Å². The number of halogens is 1. The van der Waals surface area contributed by atoms with Crippen molar-refractivity contribution < 1.29 is 0 Å². The van der Waals surface area contributed by atoms with Gasteiger partial charge in [0.2, 0.25) is 0 Å². The molecule has 0 fully saturated rings. The van der Waals surface area contributed by atoms with Gasteiger partial charge in [-0.2, -0.15) is 0 Å². The largest absolute Gasteiger partial charge is 0.355 e. The summed E-state index contributed by atoms with van der Waals surface area (Å²) in [7, 11) is 0. The number of hydrogen-bond acceptors (Lipinski definition) is 1. The number of rotatable bonds is 2. The molecule has 0 saturated heterocycles. The lowest BCUT2D eigenvalue weighted by Crippen LogP contribution is -1.89. The van der Waals surface area contributed by atoms with E-state index in [2.05, 4.69) is 75.8 Å². The van der Waals surface area contributed by atoms with Gasteiger partial charge in [-0.3, -0.25) is 0 Å². The monoisotopic (exact) mass is 297 g/mol. The van der Waals surface area contributed by atoms with Crippen LogP contribution in [0.25, 0.3) is 10.8 Å². The fourth-order valence-corrected chi connectivity index (χ4v) is 2.40. The van der Waals surface area contributed by atoms with Gasteiger partial charge in [0.25, 0.3) is 0 Å². The first-order chi connectivity index (χ1) is 8.81. The van der Waals surface area contributed by atoms with Crippen LogP contribution in [0.2, 0.25) is 0 Å². The summed E-state index contributed by atoms with van der Waals surface area (Å²) in [5, 5.41) is 5.92. The molecule has 2 heteroatoms. The van der Waals surface area contributed by atoms with Crippen LogP contribution in [0.5, 0.6) is 0 Å². The third-order valence-electron chi connectivity index (χ3n) is 2.86. The summed E-state index contributed by atoms with van der Waals surface area (Å²) < 4.78 is 1.08. The lowest BCUT2D eigenvalue weighted by molar-refractivity contribution is 1.55. The molecule has 18 heavy (non-hydrogen) atoms. The topological polar surface area (TPSA) is 12.0 Å². The Morgan fingerprint density at radius 2 is 1.44 bits per heavy atom. The van der Waals surface area contributed by atoms with Crippen molar-refractivity contribution in [3.05, 3.63) is 71.2 Å². The van der Waals surface area contributed by atoms with E-state index in [1.807, 2.05) is 12.1 Å². The fraction of sp³-hybridized carbons (Fsp3) is 0. The maximum Gasteiger partial charge on any atom is 0.0395 e. The third kappa shape index (κ3) is 2.39. The van der Waals surface area contributed by atoms with E-state index < -0.39 is 0 Å². The first-order valence-electron chi connectivity index (χ1n) is 5.83. The molecule has 1 N–H and O–H groups in total. The third-order valence-corrected chi connectivity index (χ3v) is 3.36. The maximum absolute atomic E-state index is 3.48. The average Bonchev–Trinajstić information content (AvgIpc) is 2.39. The Morgan fingerprint density at radius 3 is 2.28 bits per heavy atom. The van der Waals surface area contributed by atoms with Crippen LogP contribution < -0.4 is 5.32 Å². The molecule has 0 aliphatic heterocycles. The van der Waals surface area contributed by atoms with Crippen molar-refractivity contribution >= 4 is 38.1 Å². The summed E-state index contributed by atoms with van der Waals surface area (Å²) in [6, 6.07) is 22.9. The summed E-state index contributed by atoms with van der Waals surface area (Å²) in [5.41, 5.74) is 2.19. The minimum absolute atomic E-state index is 1.08. The quantitative estimate of drug-likeness (QED) is 0.673. The van der Waals surface area contributed by atoms with Gasteiger partial charge in [-0.25, -0.2) is 0 Å². The molecule has 1 nitrogen and oxygen atoms in total. The second-order valence-corrected chi connectivity index (χ2v) is 5.11. The highest BCUT2D eigenvalue weighted by Gasteiger charge is 1.97. The highest BCUT2D eigenvalue weighted by atomic mass is 79.9. The zero-order valence-corrected chi connectivity index (χ0v) is 11.3. The molecule has 88 valence electrons. The number of benzene rings is 3. The Hall–Kier alpha value is -1.80. The van der Waals surface area contributed by atoms with Gasteiger partial charge >= 0.3 is 0 Å². The van der Waals surface area contributed by atoms with Crippen LogP contribution in [0, 0.1) is 0 Å². The lowest BCUT2D eigenvalue weighted by Gasteiger charge is -2.08. The molecule has 0 heterocycles. The number of hydrogen-bond donors (Lipinski definition) is 1. The minimum Gasteiger partial charge on any atom is -0.355 e. The van der Waals surface area contributed by atoms with Crippen molar-refractivity contribution in [3.8, 4) is 0 Å². The van der Waals surface area contributed by atoms with Crippen molar-refractivity contribution in [1.29, 1.82) is 0 Å². The van der Waals surface area contributed by atoms with Gasteiger partial charge in [-0.05, 0) is 41.1 Å². The molecule has 0 radical (unpaired) electrons. The highest BCUT2D eigenvalue weighted by Crippen LogP contribution is 2.23. The predicted octanol–water partition coefficient (Wildman–Crippen LogP) is 5.35. The summed E-state index contributed by atoms with van der Waals surface area (Å²) >= 11 is 3.48. The summed E-state index contributed by atoms with van der Waals surface area (Å²) in [6.07, 6.45) is 0. The van der Waals surface area contributed by atoms with Gasteiger partial charge in [0.15, 0.2) is 0 Å². The highest BCUT2D eigenvalue weighted by molar-refractivity contribution is 9.10. The van der Waals surface area contributed by atoms with E-state index in [-0.39, 0.29) is 0 Å². The van der Waals surface area contributed by atoms with Crippen LogP contribution in [0.1, 0.15) is 0 Å². The van der Waals surface area contributed by atoms with Crippen LogP contribution in [-0.4, -0.2) is 0 Å². The smallest absolute Gasteiger partial charge is 0.0395 e. The van der Waals surface area contributed by atoms with Crippen LogP contribution in [0.15, 0.2) is 71.2 Å².